The molecule has 2 aromatic heterocycles. The number of aryl methyl sites for hydroxylation is 1. The molecule has 190 valence electrons. The van der Waals surface area contributed by atoms with Gasteiger partial charge in [-0.15, -0.1) is 0 Å². The van der Waals surface area contributed by atoms with Gasteiger partial charge in [0.1, 0.15) is 11.5 Å². The molecule has 0 aliphatic carbocycles. The van der Waals surface area contributed by atoms with Crippen molar-refractivity contribution in [3.05, 3.63) is 47.5 Å². The lowest BCUT2D eigenvalue weighted by Gasteiger charge is -2.36. The van der Waals surface area contributed by atoms with E-state index in [0.29, 0.717) is 42.8 Å². The van der Waals surface area contributed by atoms with Crippen molar-refractivity contribution in [2.24, 2.45) is 0 Å². The number of esters is 1. The normalized spacial score (nSPS) is 13.7. The lowest BCUT2D eigenvalue weighted by atomic mass is 10.2. The maximum Gasteiger partial charge on any atom is 0.303 e. The van der Waals surface area contributed by atoms with Gasteiger partial charge < -0.3 is 24.4 Å². The maximum atomic E-state index is 12.1. The van der Waals surface area contributed by atoms with E-state index in [2.05, 4.69) is 43.6 Å². The molecule has 0 atom stereocenters. The van der Waals surface area contributed by atoms with Crippen LogP contribution in [0.3, 0.4) is 0 Å². The van der Waals surface area contributed by atoms with Crippen LogP contribution in [0.2, 0.25) is 5.02 Å². The molecular weight excluding hydrogens is 482 g/mol. The molecule has 1 aliphatic heterocycles. The van der Waals surface area contributed by atoms with Crippen LogP contribution in [0.25, 0.3) is 11.4 Å². The summed E-state index contributed by atoms with van der Waals surface area (Å²) in [6, 6.07) is 8.19. The average Bonchev–Trinajstić information content (AvgIpc) is 3.25. The van der Waals surface area contributed by atoms with Crippen molar-refractivity contribution in [2.45, 2.75) is 33.7 Å². The number of hydrogen-bond acceptors (Lipinski definition) is 8. The van der Waals surface area contributed by atoms with Crippen LogP contribution in [0.5, 0.6) is 0 Å². The first kappa shape index (κ1) is 25.4. The van der Waals surface area contributed by atoms with Crippen LogP contribution in [0.4, 0.5) is 17.3 Å². The topological polar surface area (TPSA) is 105 Å². The SMILES string of the molecule is CC(=O)OCC(=O)N1CCN(c2ccc(Nc3ncc(Cl)c(-c4cnc(C)n4C(C)C)n3)cc2)CC1. The van der Waals surface area contributed by atoms with Gasteiger partial charge in [-0.05, 0) is 45.0 Å². The molecule has 0 bridgehead atoms. The van der Waals surface area contributed by atoms with E-state index in [9.17, 15) is 9.59 Å². The molecule has 11 heteroatoms. The number of ether oxygens (including phenoxy) is 1. The number of nitrogens with one attached hydrogen (secondary N) is 1. The van der Waals surface area contributed by atoms with Crippen molar-refractivity contribution in [2.75, 3.05) is 43.0 Å². The Hall–Kier alpha value is -3.66. The zero-order valence-electron chi connectivity index (χ0n) is 20.9. The summed E-state index contributed by atoms with van der Waals surface area (Å²) >= 11 is 6.44. The maximum absolute atomic E-state index is 12.1. The molecule has 0 unspecified atom stereocenters. The van der Waals surface area contributed by atoms with E-state index in [1.807, 2.05) is 31.2 Å². The summed E-state index contributed by atoms with van der Waals surface area (Å²) in [6.45, 7) is 9.79. The second-order valence-electron chi connectivity index (χ2n) is 8.86. The molecule has 3 aromatic rings. The lowest BCUT2D eigenvalue weighted by Crippen LogP contribution is -2.49. The van der Waals surface area contributed by atoms with Gasteiger partial charge in [0.25, 0.3) is 5.91 Å². The van der Waals surface area contributed by atoms with Gasteiger partial charge in [0, 0.05) is 50.5 Å². The van der Waals surface area contributed by atoms with Gasteiger partial charge in [0.05, 0.1) is 23.1 Å². The second kappa shape index (κ2) is 10.9. The molecule has 4 rings (SSSR count). The standard InChI is InChI=1S/C25H30ClN7O3/c1-16(2)33-17(3)27-14-22(33)24-21(26)13-28-25(30-24)29-19-5-7-20(8-6-19)31-9-11-32(12-10-31)23(35)15-36-18(4)34/h5-8,13-14,16H,9-12,15H2,1-4H3,(H,28,29,30). The van der Waals surface area contributed by atoms with E-state index < -0.39 is 5.97 Å². The predicted molar refractivity (Wildman–Crippen MR) is 139 cm³/mol. The van der Waals surface area contributed by atoms with E-state index in [1.165, 1.54) is 6.92 Å². The number of carbonyl (C=O) groups excluding carboxylic acids is 2. The van der Waals surface area contributed by atoms with Crippen molar-refractivity contribution in [1.82, 2.24) is 24.4 Å². The van der Waals surface area contributed by atoms with Crippen molar-refractivity contribution >= 4 is 40.8 Å². The third-order valence-corrected chi connectivity index (χ3v) is 6.28. The molecule has 3 heterocycles. The Kier molecular flexibility index (Phi) is 7.73. The molecule has 0 saturated carbocycles. The number of rotatable bonds is 7. The smallest absolute Gasteiger partial charge is 0.303 e. The van der Waals surface area contributed by atoms with Crippen LogP contribution in [-0.2, 0) is 14.3 Å². The number of piperazine rings is 1. The first-order valence-corrected chi connectivity index (χ1v) is 12.2. The highest BCUT2D eigenvalue weighted by molar-refractivity contribution is 6.32. The zero-order chi connectivity index (χ0) is 25.8. The van der Waals surface area contributed by atoms with Crippen LogP contribution in [-0.4, -0.2) is 69.1 Å². The van der Waals surface area contributed by atoms with E-state index in [0.717, 1.165) is 22.9 Å². The van der Waals surface area contributed by atoms with Gasteiger partial charge in [0.15, 0.2) is 6.61 Å². The number of carbonyl (C=O) groups is 2. The summed E-state index contributed by atoms with van der Waals surface area (Å²) in [5.41, 5.74) is 3.37. The Morgan fingerprint density at radius 1 is 1.08 bits per heavy atom. The molecule has 0 spiro atoms. The molecule has 1 fully saturated rings. The Labute approximate surface area is 215 Å². The van der Waals surface area contributed by atoms with E-state index in [-0.39, 0.29) is 18.6 Å². The first-order valence-electron chi connectivity index (χ1n) is 11.8. The molecule has 36 heavy (non-hydrogen) atoms. The number of amides is 1. The highest BCUT2D eigenvalue weighted by Crippen LogP contribution is 2.30. The fourth-order valence-corrected chi connectivity index (χ4v) is 4.43. The molecule has 1 saturated heterocycles. The quantitative estimate of drug-likeness (QED) is 0.477. The first-order chi connectivity index (χ1) is 17.2. The summed E-state index contributed by atoms with van der Waals surface area (Å²) in [7, 11) is 0. The fourth-order valence-electron chi connectivity index (χ4n) is 4.24. The number of benzene rings is 1. The van der Waals surface area contributed by atoms with E-state index in [4.69, 9.17) is 16.3 Å². The monoisotopic (exact) mass is 511 g/mol. The number of anilines is 3. The largest absolute Gasteiger partial charge is 0.456 e. The molecule has 0 radical (unpaired) electrons. The average molecular weight is 512 g/mol. The highest BCUT2D eigenvalue weighted by Gasteiger charge is 2.22. The van der Waals surface area contributed by atoms with Crippen LogP contribution in [0, 0.1) is 6.92 Å². The minimum atomic E-state index is -0.451. The molecule has 1 aromatic carbocycles. The third kappa shape index (κ3) is 5.76. The van der Waals surface area contributed by atoms with E-state index >= 15 is 0 Å². The van der Waals surface area contributed by atoms with Gasteiger partial charge in [-0.2, -0.15) is 0 Å². The van der Waals surface area contributed by atoms with Crippen molar-refractivity contribution in [3.8, 4) is 11.4 Å². The number of imidazole rings is 1. The summed E-state index contributed by atoms with van der Waals surface area (Å²) < 4.78 is 6.91. The predicted octanol–water partition coefficient (Wildman–Crippen LogP) is 3.84. The van der Waals surface area contributed by atoms with Crippen LogP contribution in [0.15, 0.2) is 36.7 Å². The summed E-state index contributed by atoms with van der Waals surface area (Å²) in [6.07, 6.45) is 3.38. The minimum absolute atomic E-state index is 0.168. The van der Waals surface area contributed by atoms with Crippen LogP contribution < -0.4 is 10.2 Å². The summed E-state index contributed by atoms with van der Waals surface area (Å²) in [5, 5.41) is 3.71. The number of nitrogens with zero attached hydrogens (tertiary/aromatic N) is 6. The number of aromatic nitrogens is 4. The highest BCUT2D eigenvalue weighted by atomic mass is 35.5. The third-order valence-electron chi connectivity index (χ3n) is 6.00. The van der Waals surface area contributed by atoms with Crippen molar-refractivity contribution < 1.29 is 14.3 Å². The lowest BCUT2D eigenvalue weighted by molar-refractivity contribution is -0.150. The van der Waals surface area contributed by atoms with Gasteiger partial charge in [-0.3, -0.25) is 9.59 Å². The molecule has 1 amide bonds. The van der Waals surface area contributed by atoms with Gasteiger partial charge in [0.2, 0.25) is 5.95 Å². The van der Waals surface area contributed by atoms with E-state index in [1.54, 1.807) is 17.3 Å². The Bertz CT molecular complexity index is 1230. The van der Waals surface area contributed by atoms with Gasteiger partial charge in [-0.25, -0.2) is 15.0 Å². The summed E-state index contributed by atoms with van der Waals surface area (Å²) in [5.74, 6) is 0.720. The Morgan fingerprint density at radius 3 is 2.42 bits per heavy atom. The van der Waals surface area contributed by atoms with Crippen LogP contribution >= 0.6 is 11.6 Å². The Balaban J connectivity index is 1.40. The van der Waals surface area contributed by atoms with Crippen LogP contribution in [0.1, 0.15) is 32.6 Å². The van der Waals surface area contributed by atoms with Crippen molar-refractivity contribution in [1.29, 1.82) is 0 Å². The molecule has 1 aliphatic rings. The second-order valence-corrected chi connectivity index (χ2v) is 9.27. The molecule has 1 N–H and O–H groups in total. The minimum Gasteiger partial charge on any atom is -0.456 e. The molecular formula is C25H30ClN7O3. The molecule has 10 nitrogen and oxygen atoms in total. The Morgan fingerprint density at radius 2 is 1.78 bits per heavy atom. The van der Waals surface area contributed by atoms with Crippen molar-refractivity contribution in [3.63, 3.8) is 0 Å². The number of hydrogen-bond donors (Lipinski definition) is 1. The zero-order valence-corrected chi connectivity index (χ0v) is 21.6. The van der Waals surface area contributed by atoms with Gasteiger partial charge >= 0.3 is 5.97 Å². The summed E-state index contributed by atoms with van der Waals surface area (Å²) in [4.78, 5) is 40.4. The number of halogens is 1. The fraction of sp³-hybridized carbons (Fsp3) is 0.400. The van der Waals surface area contributed by atoms with Gasteiger partial charge in [-0.1, -0.05) is 11.6 Å².